The Balaban J connectivity index is 1.91. The monoisotopic (exact) mass is 422 g/mol. The molecular weight excluding hydrogens is 392 g/mol. The number of rotatable bonds is 8. The molecule has 1 unspecified atom stereocenters. The van der Waals surface area contributed by atoms with Gasteiger partial charge in [0.15, 0.2) is 0 Å². The molecule has 0 bridgehead atoms. The number of hydrogen-bond donors (Lipinski definition) is 5. The van der Waals surface area contributed by atoms with Gasteiger partial charge in [0.05, 0.1) is 29.0 Å². The lowest BCUT2D eigenvalue weighted by Gasteiger charge is -2.30. The van der Waals surface area contributed by atoms with Crippen LogP contribution in [0.15, 0.2) is 40.8 Å². The molecule has 0 saturated heterocycles. The van der Waals surface area contributed by atoms with Crippen LogP contribution >= 0.6 is 0 Å². The lowest BCUT2D eigenvalue weighted by molar-refractivity contribution is -0.114. The van der Waals surface area contributed by atoms with Crippen molar-refractivity contribution in [1.82, 2.24) is 15.2 Å². The van der Waals surface area contributed by atoms with Crippen LogP contribution in [0.2, 0.25) is 0 Å². The van der Waals surface area contributed by atoms with Crippen molar-refractivity contribution >= 4 is 28.7 Å². The average molecular weight is 423 g/mol. The molecule has 164 valence electrons. The first-order valence-corrected chi connectivity index (χ1v) is 10.4. The van der Waals surface area contributed by atoms with Crippen LogP contribution in [0, 0.1) is 11.3 Å². The summed E-state index contributed by atoms with van der Waals surface area (Å²) in [6.07, 6.45) is 7.51. The second-order valence-electron chi connectivity index (χ2n) is 7.74. The van der Waals surface area contributed by atoms with Crippen LogP contribution in [0.1, 0.15) is 31.2 Å². The van der Waals surface area contributed by atoms with Crippen molar-refractivity contribution < 1.29 is 4.79 Å². The highest BCUT2D eigenvalue weighted by Crippen LogP contribution is 2.29. The van der Waals surface area contributed by atoms with E-state index < -0.39 is 5.91 Å². The van der Waals surface area contributed by atoms with Crippen molar-refractivity contribution in [3.63, 3.8) is 0 Å². The molecule has 1 aromatic carbocycles. The van der Waals surface area contributed by atoms with Gasteiger partial charge in [-0.15, -0.1) is 0 Å². The van der Waals surface area contributed by atoms with Gasteiger partial charge in [0.1, 0.15) is 11.9 Å². The van der Waals surface area contributed by atoms with E-state index >= 15 is 0 Å². The Bertz CT molecular complexity index is 1050. The number of hydrogen-bond acceptors (Lipinski definition) is 7. The average Bonchev–Trinajstić information content (AvgIpc) is 3.09. The quantitative estimate of drug-likeness (QED) is 0.246. The number of amides is 1. The van der Waals surface area contributed by atoms with Gasteiger partial charge in [0, 0.05) is 44.0 Å². The Morgan fingerprint density at radius 2 is 2.16 bits per heavy atom. The molecule has 9 nitrogen and oxygen atoms in total. The van der Waals surface area contributed by atoms with E-state index in [1.54, 1.807) is 13.2 Å². The summed E-state index contributed by atoms with van der Waals surface area (Å²) in [5.74, 6) is -0.203. The first kappa shape index (κ1) is 22.3. The van der Waals surface area contributed by atoms with E-state index in [2.05, 4.69) is 27.0 Å². The van der Waals surface area contributed by atoms with E-state index in [0.717, 1.165) is 36.6 Å². The molecule has 1 aromatic heterocycles. The van der Waals surface area contributed by atoms with Crippen molar-refractivity contribution in [2.75, 3.05) is 19.0 Å². The third kappa shape index (κ3) is 5.05. The fourth-order valence-corrected chi connectivity index (χ4v) is 4.04. The molecular formula is C22H30N8O. The molecule has 7 N–H and O–H groups in total. The smallest absolute Gasteiger partial charge is 0.253 e. The number of aromatic nitrogens is 1. The minimum atomic E-state index is -0.615. The maximum absolute atomic E-state index is 12.1. The van der Waals surface area contributed by atoms with Gasteiger partial charge in [0.25, 0.3) is 5.91 Å². The molecule has 1 aliphatic carbocycles. The number of anilines is 1. The summed E-state index contributed by atoms with van der Waals surface area (Å²) in [5.41, 5.74) is 14.2. The third-order valence-corrected chi connectivity index (χ3v) is 5.64. The SMILES string of the molecule is CN=C/C(C(N)=O)=C(\NCNC1CCCC[C@@H]1N)Nc1cccc2c1c(C#N)cn2C. The minimum Gasteiger partial charge on any atom is -0.365 e. The molecule has 0 radical (unpaired) electrons. The first-order valence-electron chi connectivity index (χ1n) is 10.4. The molecule has 1 heterocycles. The second kappa shape index (κ2) is 10.1. The number of primary amides is 1. The van der Waals surface area contributed by atoms with E-state index in [9.17, 15) is 10.1 Å². The molecule has 3 rings (SSSR count). The van der Waals surface area contributed by atoms with Crippen molar-refractivity contribution in [3.05, 3.63) is 41.4 Å². The highest BCUT2D eigenvalue weighted by molar-refractivity contribution is 6.12. The summed E-state index contributed by atoms with van der Waals surface area (Å²) >= 11 is 0. The minimum absolute atomic E-state index is 0.111. The van der Waals surface area contributed by atoms with E-state index in [4.69, 9.17) is 11.5 Å². The Morgan fingerprint density at radius 1 is 1.39 bits per heavy atom. The topological polar surface area (TPSA) is 146 Å². The Morgan fingerprint density at radius 3 is 2.84 bits per heavy atom. The molecule has 2 atom stereocenters. The number of nitrogens with two attached hydrogens (primary N) is 2. The zero-order valence-electron chi connectivity index (χ0n) is 18.0. The van der Waals surface area contributed by atoms with E-state index in [0.29, 0.717) is 23.7 Å². The molecule has 9 heteroatoms. The van der Waals surface area contributed by atoms with E-state index in [1.165, 1.54) is 6.21 Å². The fourth-order valence-electron chi connectivity index (χ4n) is 4.04. The van der Waals surface area contributed by atoms with Crippen LogP contribution < -0.4 is 27.4 Å². The van der Waals surface area contributed by atoms with Crippen LogP contribution in [0.5, 0.6) is 0 Å². The highest BCUT2D eigenvalue weighted by Gasteiger charge is 2.21. The number of fused-ring (bicyclic) bond motifs is 1. The van der Waals surface area contributed by atoms with Gasteiger partial charge >= 0.3 is 0 Å². The number of carbonyl (C=O) groups is 1. The highest BCUT2D eigenvalue weighted by atomic mass is 16.1. The largest absolute Gasteiger partial charge is 0.365 e. The number of nitrogens with one attached hydrogen (secondary N) is 3. The second-order valence-corrected chi connectivity index (χ2v) is 7.74. The van der Waals surface area contributed by atoms with Crippen LogP contribution in [-0.4, -0.2) is 42.5 Å². The van der Waals surface area contributed by atoms with Gasteiger partial charge < -0.3 is 26.7 Å². The van der Waals surface area contributed by atoms with Gasteiger partial charge in [-0.2, -0.15) is 5.26 Å². The fraction of sp³-hybridized carbons (Fsp3) is 0.409. The number of nitrogens with zero attached hydrogens (tertiary/aromatic N) is 3. The maximum atomic E-state index is 12.1. The van der Waals surface area contributed by atoms with E-state index in [1.807, 2.05) is 29.8 Å². The first-order chi connectivity index (χ1) is 15.0. The van der Waals surface area contributed by atoms with Crippen molar-refractivity contribution in [3.8, 4) is 6.07 Å². The van der Waals surface area contributed by atoms with Gasteiger partial charge in [-0.3, -0.25) is 15.1 Å². The van der Waals surface area contributed by atoms with Crippen molar-refractivity contribution in [2.45, 2.75) is 37.8 Å². The maximum Gasteiger partial charge on any atom is 0.253 e. The van der Waals surface area contributed by atoms with Gasteiger partial charge in [-0.05, 0) is 25.0 Å². The Labute approximate surface area is 182 Å². The summed E-state index contributed by atoms with van der Waals surface area (Å²) in [7, 11) is 3.46. The zero-order valence-corrected chi connectivity index (χ0v) is 18.0. The van der Waals surface area contributed by atoms with Gasteiger partial charge in [-0.25, -0.2) is 0 Å². The predicted molar refractivity (Wildman–Crippen MR) is 123 cm³/mol. The number of aryl methyl sites for hydroxylation is 1. The Kier molecular flexibility index (Phi) is 7.28. The number of nitriles is 1. The molecule has 2 aromatic rings. The van der Waals surface area contributed by atoms with Crippen LogP contribution in [-0.2, 0) is 11.8 Å². The molecule has 1 fully saturated rings. The molecule has 1 aliphatic rings. The number of benzene rings is 1. The van der Waals surface area contributed by atoms with E-state index in [-0.39, 0.29) is 17.7 Å². The number of carbonyl (C=O) groups excluding carboxylic acids is 1. The summed E-state index contributed by atoms with van der Waals surface area (Å²) in [6, 6.07) is 8.24. The molecule has 0 aliphatic heterocycles. The molecule has 1 amide bonds. The number of aliphatic imine (C=N–C) groups is 1. The Hall–Kier alpha value is -3.35. The lowest BCUT2D eigenvalue weighted by Crippen LogP contribution is -2.50. The summed E-state index contributed by atoms with van der Waals surface area (Å²) in [6.45, 7) is 0.394. The standard InChI is InChI=1S/C22H30N8O/c1-26-11-15(21(25)31)22(28-13-27-17-7-4-3-6-16(17)24)29-18-8-5-9-19-20(18)14(10-23)12-30(19)2/h5,8-9,11-12,16-17,27-29H,3-4,6-7,13,24H2,1-2H3,(H2,25,31)/b22-15-,26-11?/t16-,17?/m0/s1. The molecule has 31 heavy (non-hydrogen) atoms. The van der Waals surface area contributed by atoms with Crippen molar-refractivity contribution in [2.24, 2.45) is 23.5 Å². The summed E-state index contributed by atoms with van der Waals surface area (Å²) in [4.78, 5) is 16.1. The van der Waals surface area contributed by atoms with Crippen LogP contribution in [0.25, 0.3) is 10.9 Å². The van der Waals surface area contributed by atoms with Crippen molar-refractivity contribution in [1.29, 1.82) is 5.26 Å². The summed E-state index contributed by atoms with van der Waals surface area (Å²) in [5, 5.41) is 20.3. The predicted octanol–water partition coefficient (Wildman–Crippen LogP) is 1.27. The summed E-state index contributed by atoms with van der Waals surface area (Å²) < 4.78 is 1.89. The van der Waals surface area contributed by atoms with Gasteiger partial charge in [0.2, 0.25) is 0 Å². The van der Waals surface area contributed by atoms with Crippen LogP contribution in [0.4, 0.5) is 5.69 Å². The van der Waals surface area contributed by atoms with Crippen LogP contribution in [0.3, 0.4) is 0 Å². The molecule has 0 spiro atoms. The van der Waals surface area contributed by atoms with Gasteiger partial charge in [-0.1, -0.05) is 18.9 Å². The zero-order chi connectivity index (χ0) is 22.4. The third-order valence-electron chi connectivity index (χ3n) is 5.64. The molecule has 1 saturated carbocycles. The normalized spacial score (nSPS) is 19.8. The lowest BCUT2D eigenvalue weighted by atomic mass is 9.91.